The molecule has 0 bridgehead atoms. The molecule has 1 unspecified atom stereocenters. The van der Waals surface area contributed by atoms with E-state index in [4.69, 9.17) is 5.11 Å². The Morgan fingerprint density at radius 2 is 2.00 bits per heavy atom. The molecule has 90 valence electrons. The summed E-state index contributed by atoms with van der Waals surface area (Å²) in [6, 6.07) is 0.200. The van der Waals surface area contributed by atoms with Crippen LogP contribution in [0.1, 0.15) is 32.1 Å². The third-order valence-corrected chi connectivity index (χ3v) is 4.40. The molecule has 5 heteroatoms. The van der Waals surface area contributed by atoms with Gasteiger partial charge in [-0.2, -0.15) is 0 Å². The summed E-state index contributed by atoms with van der Waals surface area (Å²) in [4.78, 5) is 24.5. The highest BCUT2D eigenvalue weighted by Gasteiger charge is 2.37. The Bertz CT molecular complexity index is 285. The molecule has 2 rings (SSSR count). The molecule has 2 aliphatic rings. The number of hydrogen-bond donors (Lipinski definition) is 1. The van der Waals surface area contributed by atoms with Gasteiger partial charge >= 0.3 is 5.97 Å². The van der Waals surface area contributed by atoms with Gasteiger partial charge in [-0.15, -0.1) is 11.8 Å². The third kappa shape index (κ3) is 2.90. The van der Waals surface area contributed by atoms with Crippen LogP contribution in [-0.4, -0.2) is 45.5 Å². The zero-order chi connectivity index (χ0) is 11.5. The lowest BCUT2D eigenvalue weighted by Crippen LogP contribution is -2.43. The fourth-order valence-electron chi connectivity index (χ4n) is 2.04. The maximum Gasteiger partial charge on any atom is 0.323 e. The van der Waals surface area contributed by atoms with Gasteiger partial charge in [-0.3, -0.25) is 9.59 Å². The molecule has 1 aliphatic carbocycles. The minimum absolute atomic E-state index is 0.00806. The van der Waals surface area contributed by atoms with Crippen LogP contribution in [0.3, 0.4) is 0 Å². The summed E-state index contributed by atoms with van der Waals surface area (Å²) >= 11 is 1.69. The third-order valence-electron chi connectivity index (χ3n) is 3.03. The first kappa shape index (κ1) is 11.8. The monoisotopic (exact) mass is 243 g/mol. The Balaban J connectivity index is 1.95. The van der Waals surface area contributed by atoms with E-state index < -0.39 is 5.97 Å². The number of nitrogens with zero attached hydrogens (tertiary/aromatic N) is 1. The number of carboxylic acids is 1. The molecule has 2 fully saturated rings. The number of amides is 1. The van der Waals surface area contributed by atoms with E-state index in [0.29, 0.717) is 0 Å². The first-order valence-corrected chi connectivity index (χ1v) is 6.87. The summed E-state index contributed by atoms with van der Waals surface area (Å²) in [6.07, 6.45) is 5.12. The molecule has 0 aromatic heterocycles. The van der Waals surface area contributed by atoms with Crippen molar-refractivity contribution in [2.45, 2.75) is 43.4 Å². The zero-order valence-electron chi connectivity index (χ0n) is 9.22. The normalized spacial score (nSPS) is 25.1. The number of hydrogen-bond acceptors (Lipinski definition) is 3. The van der Waals surface area contributed by atoms with Gasteiger partial charge in [0.15, 0.2) is 0 Å². The first-order valence-electron chi connectivity index (χ1n) is 5.82. The molecule has 1 aliphatic heterocycles. The molecule has 1 saturated carbocycles. The van der Waals surface area contributed by atoms with Crippen LogP contribution in [0.25, 0.3) is 0 Å². The number of carboxylic acid groups (broad SMARTS) is 1. The lowest BCUT2D eigenvalue weighted by atomic mass is 10.1. The van der Waals surface area contributed by atoms with Gasteiger partial charge in [-0.1, -0.05) is 6.42 Å². The molecule has 1 N–H and O–H groups in total. The van der Waals surface area contributed by atoms with Gasteiger partial charge in [0.1, 0.15) is 6.54 Å². The molecule has 1 heterocycles. The van der Waals surface area contributed by atoms with Crippen LogP contribution >= 0.6 is 11.8 Å². The molecule has 0 spiro atoms. The molecule has 1 atom stereocenters. The fraction of sp³-hybridized carbons (Fsp3) is 0.818. The Morgan fingerprint density at radius 3 is 2.50 bits per heavy atom. The minimum Gasteiger partial charge on any atom is -0.480 e. The van der Waals surface area contributed by atoms with E-state index in [1.807, 2.05) is 0 Å². The molecular weight excluding hydrogens is 226 g/mol. The number of aliphatic carboxylic acids is 1. The number of thioether (sulfide) groups is 1. The van der Waals surface area contributed by atoms with Crippen LogP contribution < -0.4 is 0 Å². The molecule has 4 nitrogen and oxygen atoms in total. The van der Waals surface area contributed by atoms with Gasteiger partial charge in [0.2, 0.25) is 5.91 Å². The molecule has 0 radical (unpaired) electrons. The van der Waals surface area contributed by atoms with Crippen LogP contribution in [0.2, 0.25) is 0 Å². The van der Waals surface area contributed by atoms with Crippen molar-refractivity contribution in [3.8, 4) is 0 Å². The molecule has 0 aromatic rings. The van der Waals surface area contributed by atoms with E-state index in [0.717, 1.165) is 31.4 Å². The van der Waals surface area contributed by atoms with Crippen molar-refractivity contribution in [2.75, 3.05) is 12.3 Å². The smallest absolute Gasteiger partial charge is 0.323 e. The topological polar surface area (TPSA) is 57.6 Å². The van der Waals surface area contributed by atoms with Gasteiger partial charge in [0.05, 0.1) is 5.25 Å². The summed E-state index contributed by atoms with van der Waals surface area (Å²) in [6.45, 7) is -0.124. The van der Waals surface area contributed by atoms with E-state index in [9.17, 15) is 9.59 Å². The second kappa shape index (κ2) is 5.08. The number of carbonyl (C=O) groups is 2. The quantitative estimate of drug-likeness (QED) is 0.809. The van der Waals surface area contributed by atoms with E-state index in [-0.39, 0.29) is 23.7 Å². The molecule has 16 heavy (non-hydrogen) atoms. The standard InChI is InChI=1S/C11H17NO3S/c13-10(14)7-12(8-4-5-8)11(15)9-3-1-2-6-16-9/h8-9H,1-7H2,(H,13,14). The summed E-state index contributed by atoms with van der Waals surface area (Å²) in [5.41, 5.74) is 0. The van der Waals surface area contributed by atoms with Crippen molar-refractivity contribution >= 4 is 23.6 Å². The Kier molecular flexibility index (Phi) is 3.74. The van der Waals surface area contributed by atoms with E-state index in [1.165, 1.54) is 6.42 Å². The molecule has 0 aromatic carbocycles. The van der Waals surface area contributed by atoms with Crippen LogP contribution in [-0.2, 0) is 9.59 Å². The lowest BCUT2D eigenvalue weighted by Gasteiger charge is -2.27. The maximum atomic E-state index is 12.2. The average Bonchev–Trinajstić information content (AvgIpc) is 3.10. The van der Waals surface area contributed by atoms with E-state index >= 15 is 0 Å². The highest BCUT2D eigenvalue weighted by Crippen LogP contribution is 2.32. The Labute approximate surface area is 99.4 Å². The zero-order valence-corrected chi connectivity index (χ0v) is 10.0. The van der Waals surface area contributed by atoms with Gasteiger partial charge < -0.3 is 10.0 Å². The predicted octanol–water partition coefficient (Wildman–Crippen LogP) is 1.35. The van der Waals surface area contributed by atoms with E-state index in [1.54, 1.807) is 16.7 Å². The second-order valence-electron chi connectivity index (χ2n) is 4.45. The number of rotatable bonds is 4. The Morgan fingerprint density at radius 1 is 1.25 bits per heavy atom. The first-order chi connectivity index (χ1) is 7.68. The number of carbonyl (C=O) groups excluding carboxylic acids is 1. The Hall–Kier alpha value is -0.710. The van der Waals surface area contributed by atoms with Crippen LogP contribution in [0.5, 0.6) is 0 Å². The summed E-state index contributed by atoms with van der Waals surface area (Å²) in [7, 11) is 0. The fourth-order valence-corrected chi connectivity index (χ4v) is 3.31. The summed E-state index contributed by atoms with van der Waals surface area (Å²) in [5.74, 6) is 0.179. The second-order valence-corrected chi connectivity index (χ2v) is 5.76. The van der Waals surface area contributed by atoms with Crippen molar-refractivity contribution < 1.29 is 14.7 Å². The van der Waals surface area contributed by atoms with Gasteiger partial charge in [-0.25, -0.2) is 0 Å². The van der Waals surface area contributed by atoms with Crippen molar-refractivity contribution in [1.82, 2.24) is 4.90 Å². The van der Waals surface area contributed by atoms with Crippen molar-refractivity contribution in [1.29, 1.82) is 0 Å². The maximum absolute atomic E-state index is 12.2. The highest BCUT2D eigenvalue weighted by atomic mass is 32.2. The average molecular weight is 243 g/mol. The van der Waals surface area contributed by atoms with Gasteiger partial charge in [-0.05, 0) is 31.4 Å². The van der Waals surface area contributed by atoms with Crippen LogP contribution in [0.15, 0.2) is 0 Å². The highest BCUT2D eigenvalue weighted by molar-refractivity contribution is 8.00. The molecular formula is C11H17NO3S. The van der Waals surface area contributed by atoms with Gasteiger partial charge in [0.25, 0.3) is 0 Å². The SMILES string of the molecule is O=C(O)CN(C(=O)C1CCCCS1)C1CC1. The summed E-state index contributed by atoms with van der Waals surface area (Å²) in [5, 5.41) is 8.82. The minimum atomic E-state index is -0.902. The van der Waals surface area contributed by atoms with Crippen LogP contribution in [0.4, 0.5) is 0 Å². The predicted molar refractivity (Wildman–Crippen MR) is 62.5 cm³/mol. The largest absolute Gasteiger partial charge is 0.480 e. The van der Waals surface area contributed by atoms with Crippen LogP contribution in [0, 0.1) is 0 Å². The molecule has 1 saturated heterocycles. The summed E-state index contributed by atoms with van der Waals surface area (Å²) < 4.78 is 0. The lowest BCUT2D eigenvalue weighted by molar-refractivity contribution is -0.144. The van der Waals surface area contributed by atoms with Crippen molar-refractivity contribution in [3.05, 3.63) is 0 Å². The van der Waals surface area contributed by atoms with Crippen molar-refractivity contribution in [2.24, 2.45) is 0 Å². The van der Waals surface area contributed by atoms with Gasteiger partial charge in [0, 0.05) is 6.04 Å². The molecule has 1 amide bonds. The van der Waals surface area contributed by atoms with Crippen molar-refractivity contribution in [3.63, 3.8) is 0 Å². The van der Waals surface area contributed by atoms with E-state index in [2.05, 4.69) is 0 Å².